The van der Waals surface area contributed by atoms with Gasteiger partial charge in [0.1, 0.15) is 6.61 Å². The summed E-state index contributed by atoms with van der Waals surface area (Å²) >= 11 is 0. The summed E-state index contributed by atoms with van der Waals surface area (Å²) in [6.07, 6.45) is 3.83. The number of amides is 1. The van der Waals surface area contributed by atoms with Crippen molar-refractivity contribution < 1.29 is 14.6 Å². The minimum Gasteiger partial charge on any atom is -0.384 e. The van der Waals surface area contributed by atoms with E-state index in [1.165, 1.54) is 6.20 Å². The highest BCUT2D eigenvalue weighted by atomic mass is 16.5. The fraction of sp³-hybridized carbons (Fsp3) is 0.467. The van der Waals surface area contributed by atoms with E-state index in [2.05, 4.69) is 22.1 Å². The van der Waals surface area contributed by atoms with Gasteiger partial charge < -0.3 is 15.2 Å². The Balaban J connectivity index is 2.21. The molecule has 1 aromatic rings. The van der Waals surface area contributed by atoms with Gasteiger partial charge in [-0.3, -0.25) is 9.78 Å². The van der Waals surface area contributed by atoms with Gasteiger partial charge in [0, 0.05) is 19.0 Å². The fourth-order valence-corrected chi connectivity index (χ4v) is 2.15. The highest BCUT2D eigenvalue weighted by molar-refractivity contribution is 5.97. The van der Waals surface area contributed by atoms with Gasteiger partial charge in [0.25, 0.3) is 5.91 Å². The molecule has 2 unspecified atom stereocenters. The maximum atomic E-state index is 12.4. The van der Waals surface area contributed by atoms with E-state index < -0.39 is 0 Å². The first-order valence-electron chi connectivity index (χ1n) is 6.54. The molecule has 0 aliphatic carbocycles. The molecule has 2 rings (SSSR count). The SMILES string of the molecule is CC1OCCC1(C)NC(=O)c1ccncc1C#CCO. The molecule has 0 spiro atoms. The van der Waals surface area contributed by atoms with E-state index in [1.54, 1.807) is 12.3 Å². The van der Waals surface area contributed by atoms with Crippen LogP contribution in [0.2, 0.25) is 0 Å². The number of hydrogen-bond donors (Lipinski definition) is 2. The van der Waals surface area contributed by atoms with Crippen LogP contribution < -0.4 is 5.32 Å². The Morgan fingerprint density at radius 3 is 3.15 bits per heavy atom. The Morgan fingerprint density at radius 1 is 1.70 bits per heavy atom. The van der Waals surface area contributed by atoms with E-state index >= 15 is 0 Å². The van der Waals surface area contributed by atoms with Crippen LogP contribution in [0.4, 0.5) is 0 Å². The Kier molecular flexibility index (Phi) is 4.38. The van der Waals surface area contributed by atoms with Crippen molar-refractivity contribution in [2.45, 2.75) is 31.9 Å². The minimum atomic E-state index is -0.373. The average molecular weight is 274 g/mol. The minimum absolute atomic E-state index is 0.0275. The van der Waals surface area contributed by atoms with Gasteiger partial charge in [-0.2, -0.15) is 0 Å². The topological polar surface area (TPSA) is 71.5 Å². The zero-order valence-electron chi connectivity index (χ0n) is 11.6. The van der Waals surface area contributed by atoms with Gasteiger partial charge >= 0.3 is 0 Å². The van der Waals surface area contributed by atoms with Crippen molar-refractivity contribution in [2.24, 2.45) is 0 Å². The van der Waals surface area contributed by atoms with E-state index in [1.807, 2.05) is 13.8 Å². The van der Waals surface area contributed by atoms with Gasteiger partial charge in [0.05, 0.1) is 22.8 Å². The standard InChI is InChI=1S/C15H18N2O3/c1-11-15(2,6-9-20-11)17-14(19)13-5-7-16-10-12(13)4-3-8-18/h5,7,10-11,18H,6,8-9H2,1-2H3,(H,17,19). The number of aliphatic hydroxyl groups excluding tert-OH is 1. The summed E-state index contributed by atoms with van der Waals surface area (Å²) in [7, 11) is 0. The summed E-state index contributed by atoms with van der Waals surface area (Å²) in [6.45, 7) is 4.32. The maximum Gasteiger partial charge on any atom is 0.253 e. The second-order valence-corrected chi connectivity index (χ2v) is 5.02. The first-order chi connectivity index (χ1) is 9.57. The molecule has 1 aliphatic heterocycles. The van der Waals surface area contributed by atoms with Crippen LogP contribution in [0, 0.1) is 11.8 Å². The molecule has 1 saturated heterocycles. The molecule has 2 N–H and O–H groups in total. The third-order valence-electron chi connectivity index (χ3n) is 3.65. The Hall–Kier alpha value is -1.90. The molecule has 1 aromatic heterocycles. The summed E-state index contributed by atoms with van der Waals surface area (Å²) in [6, 6.07) is 1.63. The monoisotopic (exact) mass is 274 g/mol. The van der Waals surface area contributed by atoms with Crippen LogP contribution in [0.25, 0.3) is 0 Å². The van der Waals surface area contributed by atoms with E-state index in [9.17, 15) is 4.79 Å². The predicted octanol–water partition coefficient (Wildman–Crippen LogP) is 0.723. The second-order valence-electron chi connectivity index (χ2n) is 5.02. The first-order valence-corrected chi connectivity index (χ1v) is 6.54. The summed E-state index contributed by atoms with van der Waals surface area (Å²) in [5, 5.41) is 11.8. The lowest BCUT2D eigenvalue weighted by atomic mass is 9.94. The molecular formula is C15H18N2O3. The first kappa shape index (κ1) is 14.5. The largest absolute Gasteiger partial charge is 0.384 e. The molecule has 1 fully saturated rings. The quantitative estimate of drug-likeness (QED) is 0.780. The van der Waals surface area contributed by atoms with Crippen molar-refractivity contribution in [3.8, 4) is 11.8 Å². The number of nitrogens with zero attached hydrogens (tertiary/aromatic N) is 1. The molecule has 2 atom stereocenters. The molecule has 0 aromatic carbocycles. The summed E-state index contributed by atoms with van der Waals surface area (Å²) < 4.78 is 5.51. The fourth-order valence-electron chi connectivity index (χ4n) is 2.15. The highest BCUT2D eigenvalue weighted by Crippen LogP contribution is 2.25. The van der Waals surface area contributed by atoms with E-state index in [0.29, 0.717) is 17.7 Å². The van der Waals surface area contributed by atoms with Crippen molar-refractivity contribution in [3.63, 3.8) is 0 Å². The number of carbonyl (C=O) groups is 1. The Labute approximate surface area is 118 Å². The summed E-state index contributed by atoms with van der Waals surface area (Å²) in [5.74, 6) is 5.07. The highest BCUT2D eigenvalue weighted by Gasteiger charge is 2.38. The normalized spacial score (nSPS) is 24.9. The Bertz CT molecular complexity index is 562. The van der Waals surface area contributed by atoms with Gasteiger partial charge in [-0.25, -0.2) is 0 Å². The number of aliphatic hydroxyl groups is 1. The molecule has 0 radical (unpaired) electrons. The maximum absolute atomic E-state index is 12.4. The van der Waals surface area contributed by atoms with Crippen molar-refractivity contribution in [1.82, 2.24) is 10.3 Å². The average Bonchev–Trinajstić information content (AvgIpc) is 2.76. The summed E-state index contributed by atoms with van der Waals surface area (Å²) in [5.41, 5.74) is 0.595. The summed E-state index contributed by atoms with van der Waals surface area (Å²) in [4.78, 5) is 16.4. The van der Waals surface area contributed by atoms with Crippen LogP contribution in [0.15, 0.2) is 18.5 Å². The lowest BCUT2D eigenvalue weighted by molar-refractivity contribution is 0.0727. The van der Waals surface area contributed by atoms with Crippen molar-refractivity contribution in [2.75, 3.05) is 13.2 Å². The van der Waals surface area contributed by atoms with E-state index in [-0.39, 0.29) is 24.2 Å². The van der Waals surface area contributed by atoms with E-state index in [4.69, 9.17) is 9.84 Å². The number of pyridine rings is 1. The van der Waals surface area contributed by atoms with Crippen LogP contribution in [0.1, 0.15) is 36.2 Å². The van der Waals surface area contributed by atoms with Crippen molar-refractivity contribution >= 4 is 5.91 Å². The molecule has 20 heavy (non-hydrogen) atoms. The van der Waals surface area contributed by atoms with Gasteiger partial charge in [-0.1, -0.05) is 11.8 Å². The Morgan fingerprint density at radius 2 is 2.50 bits per heavy atom. The van der Waals surface area contributed by atoms with Crippen LogP contribution in [-0.4, -0.2) is 40.9 Å². The molecule has 5 heteroatoms. The molecule has 2 heterocycles. The molecule has 5 nitrogen and oxygen atoms in total. The van der Waals surface area contributed by atoms with Crippen LogP contribution >= 0.6 is 0 Å². The lowest BCUT2D eigenvalue weighted by Crippen LogP contribution is -2.50. The van der Waals surface area contributed by atoms with Gasteiger partial charge in [0.15, 0.2) is 0 Å². The van der Waals surface area contributed by atoms with Gasteiger partial charge in [-0.15, -0.1) is 0 Å². The third kappa shape index (κ3) is 2.98. The van der Waals surface area contributed by atoms with Crippen LogP contribution in [0.3, 0.4) is 0 Å². The molecular weight excluding hydrogens is 256 g/mol. The zero-order valence-corrected chi connectivity index (χ0v) is 11.6. The molecule has 0 saturated carbocycles. The smallest absolute Gasteiger partial charge is 0.253 e. The zero-order chi connectivity index (χ0) is 14.6. The number of carbonyl (C=O) groups excluding carboxylic acids is 1. The second kappa shape index (κ2) is 6.04. The number of rotatable bonds is 2. The molecule has 1 aliphatic rings. The van der Waals surface area contributed by atoms with Crippen molar-refractivity contribution in [1.29, 1.82) is 0 Å². The molecule has 1 amide bonds. The van der Waals surface area contributed by atoms with Gasteiger partial charge in [-0.05, 0) is 26.3 Å². The van der Waals surface area contributed by atoms with Crippen molar-refractivity contribution in [3.05, 3.63) is 29.6 Å². The van der Waals surface area contributed by atoms with Crippen LogP contribution in [-0.2, 0) is 4.74 Å². The third-order valence-corrected chi connectivity index (χ3v) is 3.65. The number of aromatic nitrogens is 1. The molecule has 106 valence electrons. The molecule has 0 bridgehead atoms. The predicted molar refractivity (Wildman–Crippen MR) is 74.1 cm³/mol. The van der Waals surface area contributed by atoms with Crippen LogP contribution in [0.5, 0.6) is 0 Å². The number of nitrogens with one attached hydrogen (secondary N) is 1. The number of hydrogen-bond acceptors (Lipinski definition) is 4. The lowest BCUT2D eigenvalue weighted by Gasteiger charge is -2.29. The van der Waals surface area contributed by atoms with E-state index in [0.717, 1.165) is 6.42 Å². The number of ether oxygens (including phenoxy) is 1. The van der Waals surface area contributed by atoms with Gasteiger partial charge in [0.2, 0.25) is 0 Å².